The van der Waals surface area contributed by atoms with Gasteiger partial charge in [-0.3, -0.25) is 0 Å². The van der Waals surface area contributed by atoms with Crippen LogP contribution in [0, 0.1) is 0 Å². The summed E-state index contributed by atoms with van der Waals surface area (Å²) in [7, 11) is 1.62. The molecule has 0 amide bonds. The van der Waals surface area contributed by atoms with E-state index >= 15 is 0 Å². The van der Waals surface area contributed by atoms with E-state index in [1.54, 1.807) is 19.4 Å². The summed E-state index contributed by atoms with van der Waals surface area (Å²) in [5.74, 6) is 6.57. The van der Waals surface area contributed by atoms with Crippen molar-refractivity contribution in [2.45, 2.75) is 0 Å². The van der Waals surface area contributed by atoms with Crippen LogP contribution in [0.15, 0.2) is 48.1 Å². The second kappa shape index (κ2) is 5.91. The van der Waals surface area contributed by atoms with Crippen molar-refractivity contribution in [3.8, 4) is 11.5 Å². The average molecular weight is 256 g/mol. The fraction of sp³-hybridized carbons (Fsp3) is 0.133. The van der Waals surface area contributed by atoms with Gasteiger partial charge in [0.25, 0.3) is 0 Å². The molecular weight excluding hydrogens is 240 g/mol. The molecule has 0 fully saturated rings. The predicted molar refractivity (Wildman–Crippen MR) is 78.0 cm³/mol. The number of nitrogens with two attached hydrogens (primary N) is 1. The van der Waals surface area contributed by atoms with E-state index in [2.05, 4.69) is 11.7 Å². The molecular formula is C15H16N2O2. The zero-order chi connectivity index (χ0) is 13.7. The second-order valence-corrected chi connectivity index (χ2v) is 3.96. The lowest BCUT2D eigenvalue weighted by Gasteiger charge is -2.12. The standard InChI is InChI=1S/C15H16N2O2/c1-3-8-19-15-13-9-11(10-17-16)4-5-12(13)6-7-14(15)18-2/h3-7,9-10H,1,8,16H2,2H3/b17-10-. The van der Waals surface area contributed by atoms with Crippen LogP contribution in [0.1, 0.15) is 5.56 Å². The van der Waals surface area contributed by atoms with E-state index in [1.165, 1.54) is 0 Å². The number of fused-ring (bicyclic) bond motifs is 1. The molecule has 0 heterocycles. The van der Waals surface area contributed by atoms with Crippen molar-refractivity contribution >= 4 is 17.0 Å². The van der Waals surface area contributed by atoms with Crippen molar-refractivity contribution < 1.29 is 9.47 Å². The minimum Gasteiger partial charge on any atom is -0.493 e. The number of hydrazone groups is 1. The maximum Gasteiger partial charge on any atom is 0.169 e. The van der Waals surface area contributed by atoms with Crippen LogP contribution in [0.5, 0.6) is 11.5 Å². The first-order valence-corrected chi connectivity index (χ1v) is 5.88. The van der Waals surface area contributed by atoms with Gasteiger partial charge in [-0.2, -0.15) is 5.10 Å². The second-order valence-electron chi connectivity index (χ2n) is 3.96. The molecule has 0 aromatic heterocycles. The lowest BCUT2D eigenvalue weighted by Crippen LogP contribution is -1.97. The molecule has 0 atom stereocenters. The number of rotatable bonds is 5. The molecule has 19 heavy (non-hydrogen) atoms. The van der Waals surface area contributed by atoms with E-state index in [4.69, 9.17) is 15.3 Å². The topological polar surface area (TPSA) is 56.8 Å². The molecule has 0 aliphatic heterocycles. The van der Waals surface area contributed by atoms with Gasteiger partial charge in [0.05, 0.1) is 13.3 Å². The fourth-order valence-electron chi connectivity index (χ4n) is 1.91. The van der Waals surface area contributed by atoms with Gasteiger partial charge < -0.3 is 15.3 Å². The summed E-state index contributed by atoms with van der Waals surface area (Å²) in [5.41, 5.74) is 0.909. The molecule has 0 saturated heterocycles. The van der Waals surface area contributed by atoms with Gasteiger partial charge in [-0.05, 0) is 23.1 Å². The fourth-order valence-corrected chi connectivity index (χ4v) is 1.91. The Balaban J connectivity index is 2.62. The highest BCUT2D eigenvalue weighted by molar-refractivity contribution is 5.95. The molecule has 98 valence electrons. The van der Waals surface area contributed by atoms with Gasteiger partial charge in [0.1, 0.15) is 6.61 Å². The average Bonchev–Trinajstić information content (AvgIpc) is 2.45. The van der Waals surface area contributed by atoms with E-state index < -0.39 is 0 Å². The molecule has 2 aromatic rings. The maximum absolute atomic E-state index is 5.70. The molecule has 0 spiro atoms. The Bertz CT molecular complexity index is 621. The molecule has 2 aromatic carbocycles. The third-order valence-corrected chi connectivity index (χ3v) is 2.75. The van der Waals surface area contributed by atoms with Crippen molar-refractivity contribution in [2.24, 2.45) is 10.9 Å². The Hall–Kier alpha value is -2.49. The highest BCUT2D eigenvalue weighted by atomic mass is 16.5. The van der Waals surface area contributed by atoms with Crippen LogP contribution < -0.4 is 15.3 Å². The van der Waals surface area contributed by atoms with Crippen LogP contribution in [0.2, 0.25) is 0 Å². The van der Waals surface area contributed by atoms with Crippen LogP contribution in [-0.2, 0) is 0 Å². The third kappa shape index (κ3) is 2.68. The van der Waals surface area contributed by atoms with Crippen LogP contribution >= 0.6 is 0 Å². The number of benzene rings is 2. The zero-order valence-electron chi connectivity index (χ0n) is 10.8. The molecule has 2 rings (SSSR count). The Labute approximate surface area is 112 Å². The monoisotopic (exact) mass is 256 g/mol. The number of nitrogens with zero attached hydrogens (tertiary/aromatic N) is 1. The highest BCUT2D eigenvalue weighted by Crippen LogP contribution is 2.35. The number of hydrogen-bond acceptors (Lipinski definition) is 4. The number of methoxy groups -OCH3 is 1. The Morgan fingerprint density at radius 2 is 2.11 bits per heavy atom. The molecule has 0 bridgehead atoms. The van der Waals surface area contributed by atoms with Gasteiger partial charge in [0.15, 0.2) is 11.5 Å². The molecule has 0 saturated carbocycles. The van der Waals surface area contributed by atoms with E-state index in [0.29, 0.717) is 18.1 Å². The smallest absolute Gasteiger partial charge is 0.169 e. The summed E-state index contributed by atoms with van der Waals surface area (Å²) in [6.45, 7) is 4.08. The Morgan fingerprint density at radius 3 is 2.79 bits per heavy atom. The summed E-state index contributed by atoms with van der Waals surface area (Å²) in [6.07, 6.45) is 3.29. The van der Waals surface area contributed by atoms with Crippen LogP contribution in [0.4, 0.5) is 0 Å². The first kappa shape index (κ1) is 13.0. The van der Waals surface area contributed by atoms with Gasteiger partial charge in [-0.15, -0.1) is 0 Å². The van der Waals surface area contributed by atoms with E-state index in [0.717, 1.165) is 16.3 Å². The molecule has 0 radical (unpaired) electrons. The van der Waals surface area contributed by atoms with Crippen LogP contribution in [-0.4, -0.2) is 19.9 Å². The van der Waals surface area contributed by atoms with Crippen molar-refractivity contribution in [1.82, 2.24) is 0 Å². The first-order chi connectivity index (χ1) is 9.30. The molecule has 4 heteroatoms. The van der Waals surface area contributed by atoms with Crippen molar-refractivity contribution in [1.29, 1.82) is 0 Å². The van der Waals surface area contributed by atoms with Crippen molar-refractivity contribution in [3.05, 3.63) is 48.6 Å². The maximum atomic E-state index is 5.70. The minimum atomic E-state index is 0.421. The van der Waals surface area contributed by atoms with Crippen LogP contribution in [0.25, 0.3) is 10.8 Å². The van der Waals surface area contributed by atoms with E-state index in [-0.39, 0.29) is 0 Å². The SMILES string of the molecule is C=CCOc1c(OC)ccc2ccc(/C=N\N)cc12. The summed E-state index contributed by atoms with van der Waals surface area (Å²) >= 11 is 0. The normalized spacial score (nSPS) is 10.8. The Kier molecular flexibility index (Phi) is 4.03. The lowest BCUT2D eigenvalue weighted by atomic mass is 10.1. The summed E-state index contributed by atoms with van der Waals surface area (Å²) in [4.78, 5) is 0. The quantitative estimate of drug-likeness (QED) is 0.387. The summed E-state index contributed by atoms with van der Waals surface area (Å²) in [6, 6.07) is 9.78. The van der Waals surface area contributed by atoms with Gasteiger partial charge in [-0.1, -0.05) is 30.9 Å². The van der Waals surface area contributed by atoms with Gasteiger partial charge in [0.2, 0.25) is 0 Å². The minimum absolute atomic E-state index is 0.421. The highest BCUT2D eigenvalue weighted by Gasteiger charge is 2.09. The lowest BCUT2D eigenvalue weighted by molar-refractivity contribution is 0.330. The van der Waals surface area contributed by atoms with Crippen LogP contribution in [0.3, 0.4) is 0 Å². The van der Waals surface area contributed by atoms with Gasteiger partial charge >= 0.3 is 0 Å². The number of hydrogen-bond donors (Lipinski definition) is 1. The summed E-state index contributed by atoms with van der Waals surface area (Å²) in [5, 5.41) is 5.55. The van der Waals surface area contributed by atoms with E-state index in [9.17, 15) is 0 Å². The largest absolute Gasteiger partial charge is 0.493 e. The molecule has 4 nitrogen and oxygen atoms in total. The Morgan fingerprint density at radius 1 is 1.32 bits per heavy atom. The predicted octanol–water partition coefficient (Wildman–Crippen LogP) is 2.71. The number of ether oxygens (including phenoxy) is 2. The molecule has 0 aliphatic rings. The molecule has 2 N–H and O–H groups in total. The molecule has 0 unspecified atom stereocenters. The van der Waals surface area contributed by atoms with Crippen molar-refractivity contribution in [3.63, 3.8) is 0 Å². The third-order valence-electron chi connectivity index (χ3n) is 2.75. The van der Waals surface area contributed by atoms with E-state index in [1.807, 2.05) is 30.3 Å². The molecule has 0 aliphatic carbocycles. The first-order valence-electron chi connectivity index (χ1n) is 5.88. The summed E-state index contributed by atoms with van der Waals surface area (Å²) < 4.78 is 11.0. The zero-order valence-corrected chi connectivity index (χ0v) is 10.8. The van der Waals surface area contributed by atoms with Gasteiger partial charge in [-0.25, -0.2) is 0 Å². The van der Waals surface area contributed by atoms with Crippen molar-refractivity contribution in [2.75, 3.05) is 13.7 Å². The van der Waals surface area contributed by atoms with Gasteiger partial charge in [0, 0.05) is 5.39 Å².